The zero-order chi connectivity index (χ0) is 17.2. The number of hydrogen-bond donors (Lipinski definition) is 1. The van der Waals surface area contributed by atoms with E-state index in [1.54, 1.807) is 6.07 Å². The molecule has 0 aromatic carbocycles. The maximum absolute atomic E-state index is 12.2. The van der Waals surface area contributed by atoms with Gasteiger partial charge in [0.25, 0.3) is 5.91 Å². The summed E-state index contributed by atoms with van der Waals surface area (Å²) in [5, 5.41) is 6.62. The Morgan fingerprint density at radius 2 is 2.13 bits per heavy atom. The molecule has 0 saturated carbocycles. The van der Waals surface area contributed by atoms with Gasteiger partial charge >= 0.3 is 0 Å². The third kappa shape index (κ3) is 4.30. The summed E-state index contributed by atoms with van der Waals surface area (Å²) in [6, 6.07) is 1.23. The first-order chi connectivity index (χ1) is 10.7. The average Bonchev–Trinajstić information content (AvgIpc) is 3.08. The fraction of sp³-hybridized carbons (Fsp3) is 0.714. The van der Waals surface area contributed by atoms with Gasteiger partial charge in [0, 0.05) is 26.1 Å². The van der Waals surface area contributed by atoms with Gasteiger partial charge in [-0.05, 0) is 5.92 Å². The van der Waals surface area contributed by atoms with Crippen LogP contribution in [-0.4, -0.2) is 62.9 Å². The van der Waals surface area contributed by atoms with Crippen LogP contribution in [0.25, 0.3) is 0 Å². The van der Waals surface area contributed by atoms with Crippen LogP contribution in [0.3, 0.4) is 0 Å². The Morgan fingerprint density at radius 3 is 2.70 bits per heavy atom. The SMILES string of the molecule is CC(C)c1cc(C(=O)N[C@@H]2COC[C@H]2CS(=O)(=O)N(C)C)on1. The fourth-order valence-corrected chi connectivity index (χ4v) is 3.42. The topological polar surface area (TPSA) is 102 Å². The number of aromatic nitrogens is 1. The molecule has 0 aliphatic carbocycles. The molecule has 0 spiro atoms. The van der Waals surface area contributed by atoms with Crippen molar-refractivity contribution in [3.8, 4) is 0 Å². The van der Waals surface area contributed by atoms with E-state index in [0.717, 1.165) is 0 Å². The van der Waals surface area contributed by atoms with Crippen LogP contribution in [0.15, 0.2) is 10.6 Å². The number of sulfonamides is 1. The lowest BCUT2D eigenvalue weighted by Crippen LogP contribution is -2.43. The summed E-state index contributed by atoms with van der Waals surface area (Å²) in [5.74, 6) is -0.493. The van der Waals surface area contributed by atoms with Gasteiger partial charge in [-0.15, -0.1) is 0 Å². The third-order valence-electron chi connectivity index (χ3n) is 3.84. The van der Waals surface area contributed by atoms with Crippen LogP contribution in [0.2, 0.25) is 0 Å². The van der Waals surface area contributed by atoms with Crippen molar-refractivity contribution in [2.45, 2.75) is 25.8 Å². The minimum atomic E-state index is -3.36. The summed E-state index contributed by atoms with van der Waals surface area (Å²) in [6.45, 7) is 4.48. The summed E-state index contributed by atoms with van der Waals surface area (Å²) in [6.07, 6.45) is 0. The van der Waals surface area contributed by atoms with Crippen molar-refractivity contribution >= 4 is 15.9 Å². The number of amides is 1. The van der Waals surface area contributed by atoms with Crippen LogP contribution >= 0.6 is 0 Å². The molecule has 9 heteroatoms. The van der Waals surface area contributed by atoms with Crippen LogP contribution < -0.4 is 5.32 Å². The molecule has 130 valence electrons. The Morgan fingerprint density at radius 1 is 1.43 bits per heavy atom. The molecule has 1 saturated heterocycles. The molecular formula is C14H23N3O5S. The van der Waals surface area contributed by atoms with Crippen molar-refractivity contribution in [1.29, 1.82) is 0 Å². The summed E-state index contributed by atoms with van der Waals surface area (Å²) in [7, 11) is -0.382. The lowest BCUT2D eigenvalue weighted by Gasteiger charge is -2.20. The molecule has 1 aromatic heterocycles. The number of carbonyl (C=O) groups excluding carboxylic acids is 1. The number of hydrogen-bond acceptors (Lipinski definition) is 6. The molecule has 2 atom stereocenters. The van der Waals surface area contributed by atoms with Crippen LogP contribution in [0.5, 0.6) is 0 Å². The minimum Gasteiger partial charge on any atom is -0.379 e. The molecular weight excluding hydrogens is 322 g/mol. The molecule has 2 rings (SSSR count). The standard InChI is InChI=1S/C14H23N3O5S/c1-9(2)11-5-13(22-16-11)14(18)15-12-7-21-6-10(12)8-23(19,20)17(3)4/h5,9-10,12H,6-8H2,1-4H3,(H,15,18)/t10-,12+/m0/s1. The number of carbonyl (C=O) groups is 1. The van der Waals surface area contributed by atoms with Crippen LogP contribution in [0.1, 0.15) is 36.0 Å². The van der Waals surface area contributed by atoms with Gasteiger partial charge in [-0.2, -0.15) is 0 Å². The molecule has 2 heterocycles. The molecule has 1 aliphatic heterocycles. The van der Waals surface area contributed by atoms with E-state index in [0.29, 0.717) is 12.3 Å². The highest BCUT2D eigenvalue weighted by Crippen LogP contribution is 2.19. The second-order valence-corrected chi connectivity index (χ2v) is 8.44. The smallest absolute Gasteiger partial charge is 0.290 e. The van der Waals surface area contributed by atoms with Crippen molar-refractivity contribution in [1.82, 2.24) is 14.8 Å². The van der Waals surface area contributed by atoms with E-state index in [2.05, 4.69) is 10.5 Å². The normalized spacial score (nSPS) is 22.0. The third-order valence-corrected chi connectivity index (χ3v) is 5.80. The highest BCUT2D eigenvalue weighted by Gasteiger charge is 2.34. The highest BCUT2D eigenvalue weighted by molar-refractivity contribution is 7.89. The van der Waals surface area contributed by atoms with E-state index in [9.17, 15) is 13.2 Å². The molecule has 1 N–H and O–H groups in total. The Balaban J connectivity index is 2.01. The lowest BCUT2D eigenvalue weighted by molar-refractivity contribution is 0.0888. The van der Waals surface area contributed by atoms with Gasteiger partial charge in [-0.1, -0.05) is 19.0 Å². The van der Waals surface area contributed by atoms with Gasteiger partial charge in [0.05, 0.1) is 30.7 Å². The summed E-state index contributed by atoms with van der Waals surface area (Å²) >= 11 is 0. The number of rotatable bonds is 6. The van der Waals surface area contributed by atoms with E-state index >= 15 is 0 Å². The molecule has 0 unspecified atom stereocenters. The molecule has 1 aliphatic rings. The predicted molar refractivity (Wildman–Crippen MR) is 83.6 cm³/mol. The second-order valence-electron chi connectivity index (χ2n) is 6.21. The van der Waals surface area contributed by atoms with Crippen LogP contribution in [-0.2, 0) is 14.8 Å². The minimum absolute atomic E-state index is 0.0708. The van der Waals surface area contributed by atoms with Crippen molar-refractivity contribution < 1.29 is 22.5 Å². The van der Waals surface area contributed by atoms with Crippen molar-refractivity contribution in [3.63, 3.8) is 0 Å². The molecule has 1 aromatic rings. The maximum atomic E-state index is 12.2. The first kappa shape index (κ1) is 17.9. The number of ether oxygens (including phenoxy) is 1. The first-order valence-electron chi connectivity index (χ1n) is 7.46. The molecule has 8 nitrogen and oxygen atoms in total. The molecule has 23 heavy (non-hydrogen) atoms. The predicted octanol–water partition coefficient (Wildman–Crippen LogP) is 0.434. The lowest BCUT2D eigenvalue weighted by atomic mass is 10.1. The Labute approximate surface area is 136 Å². The van der Waals surface area contributed by atoms with Crippen LogP contribution in [0, 0.1) is 5.92 Å². The molecule has 1 amide bonds. The van der Waals surface area contributed by atoms with E-state index in [-0.39, 0.29) is 36.0 Å². The molecule has 1 fully saturated rings. The van der Waals surface area contributed by atoms with Crippen molar-refractivity contribution in [2.24, 2.45) is 5.92 Å². The zero-order valence-electron chi connectivity index (χ0n) is 13.8. The Hall–Kier alpha value is -1.45. The van der Waals surface area contributed by atoms with E-state index in [1.807, 2.05) is 13.8 Å². The van der Waals surface area contributed by atoms with Gasteiger partial charge in [-0.3, -0.25) is 4.79 Å². The Kier molecular flexibility index (Phi) is 5.43. The largest absolute Gasteiger partial charge is 0.379 e. The monoisotopic (exact) mass is 345 g/mol. The van der Waals surface area contributed by atoms with Crippen LogP contribution in [0.4, 0.5) is 0 Å². The summed E-state index contributed by atoms with van der Waals surface area (Å²) in [4.78, 5) is 12.2. The van der Waals surface area contributed by atoms with Gasteiger partial charge in [0.2, 0.25) is 15.8 Å². The summed E-state index contributed by atoms with van der Waals surface area (Å²) in [5.41, 5.74) is 0.699. The Bertz CT molecular complexity index is 653. The number of nitrogens with one attached hydrogen (secondary N) is 1. The molecule has 0 radical (unpaired) electrons. The maximum Gasteiger partial charge on any atom is 0.290 e. The second kappa shape index (κ2) is 6.98. The zero-order valence-corrected chi connectivity index (χ0v) is 14.6. The number of nitrogens with zero attached hydrogens (tertiary/aromatic N) is 2. The average molecular weight is 345 g/mol. The fourth-order valence-electron chi connectivity index (χ4n) is 2.25. The highest BCUT2D eigenvalue weighted by atomic mass is 32.2. The van der Waals surface area contributed by atoms with Crippen molar-refractivity contribution in [3.05, 3.63) is 17.5 Å². The van der Waals surface area contributed by atoms with E-state index in [1.165, 1.54) is 18.4 Å². The van der Waals surface area contributed by atoms with Gasteiger partial charge in [0.1, 0.15) is 0 Å². The van der Waals surface area contributed by atoms with Gasteiger partial charge in [0.15, 0.2) is 0 Å². The van der Waals surface area contributed by atoms with Gasteiger partial charge < -0.3 is 14.6 Å². The first-order valence-corrected chi connectivity index (χ1v) is 9.07. The van der Waals surface area contributed by atoms with Crippen molar-refractivity contribution in [2.75, 3.05) is 33.1 Å². The quantitative estimate of drug-likeness (QED) is 0.802. The van der Waals surface area contributed by atoms with Gasteiger partial charge in [-0.25, -0.2) is 12.7 Å². The van der Waals surface area contributed by atoms with E-state index < -0.39 is 15.9 Å². The molecule has 0 bridgehead atoms. The summed E-state index contributed by atoms with van der Waals surface area (Å²) < 4.78 is 35.5. The van der Waals surface area contributed by atoms with E-state index in [4.69, 9.17) is 9.26 Å².